The summed E-state index contributed by atoms with van der Waals surface area (Å²) in [5.41, 5.74) is 0.0840. The minimum Gasteiger partial charge on any atom is -0.357 e. The van der Waals surface area contributed by atoms with Gasteiger partial charge in [-0.25, -0.2) is 8.70 Å². The van der Waals surface area contributed by atoms with Crippen LogP contribution < -0.4 is 9.62 Å². The summed E-state index contributed by atoms with van der Waals surface area (Å²) in [6.45, 7) is 0.555. The maximum Gasteiger partial charge on any atom is 0.304 e. The van der Waals surface area contributed by atoms with Gasteiger partial charge in [0.1, 0.15) is 18.4 Å². The van der Waals surface area contributed by atoms with Crippen molar-refractivity contribution in [3.8, 4) is 0 Å². The van der Waals surface area contributed by atoms with Crippen LogP contribution in [0.5, 0.6) is 0 Å². The van der Waals surface area contributed by atoms with Gasteiger partial charge in [0, 0.05) is 43.3 Å². The maximum atomic E-state index is 14.5. The first-order valence-electron chi connectivity index (χ1n) is 9.80. The molecule has 0 aromatic heterocycles. The molecule has 2 aromatic rings. The SMILES string of the molecule is CNC(=O)[C@@H](C)N(Cc1c(Cl)cccc1Cl)C(=O)CN(c1ccccc1F)S(=O)(=O)N(C)C. The van der Waals surface area contributed by atoms with E-state index in [0.29, 0.717) is 9.87 Å². The van der Waals surface area contributed by atoms with Crippen LogP contribution in [0.25, 0.3) is 0 Å². The molecule has 0 fully saturated rings. The van der Waals surface area contributed by atoms with Crippen LogP contribution in [-0.2, 0) is 26.3 Å². The Hall–Kier alpha value is -2.40. The zero-order valence-corrected chi connectivity index (χ0v) is 20.9. The summed E-state index contributed by atoms with van der Waals surface area (Å²) < 4.78 is 42.0. The van der Waals surface area contributed by atoms with Gasteiger partial charge in [0.2, 0.25) is 11.8 Å². The van der Waals surface area contributed by atoms with Gasteiger partial charge in [-0.2, -0.15) is 12.7 Å². The summed E-state index contributed by atoms with van der Waals surface area (Å²) in [5.74, 6) is -2.06. The summed E-state index contributed by atoms with van der Waals surface area (Å²) in [7, 11) is -0.317. The predicted molar refractivity (Wildman–Crippen MR) is 127 cm³/mol. The fraction of sp³-hybridized carbons (Fsp3) is 0.333. The van der Waals surface area contributed by atoms with Gasteiger partial charge in [-0.05, 0) is 31.2 Å². The molecule has 1 N–H and O–H groups in total. The topological polar surface area (TPSA) is 90.0 Å². The molecule has 12 heteroatoms. The van der Waals surface area contributed by atoms with Gasteiger partial charge in [-0.15, -0.1) is 0 Å². The molecular formula is C21H25Cl2FN4O4S. The van der Waals surface area contributed by atoms with E-state index in [2.05, 4.69) is 5.32 Å². The molecule has 0 saturated carbocycles. The Kier molecular flexibility index (Phi) is 9.07. The van der Waals surface area contributed by atoms with Crippen molar-refractivity contribution in [2.24, 2.45) is 0 Å². The second-order valence-electron chi connectivity index (χ2n) is 7.26. The second-order valence-corrected chi connectivity index (χ2v) is 10.1. The Bertz CT molecular complexity index is 1110. The minimum absolute atomic E-state index is 0.168. The Morgan fingerprint density at radius 2 is 1.64 bits per heavy atom. The van der Waals surface area contributed by atoms with Crippen LogP contribution in [0.2, 0.25) is 10.0 Å². The number of carbonyl (C=O) groups excluding carboxylic acids is 2. The number of nitrogens with zero attached hydrogens (tertiary/aromatic N) is 3. The number of halogens is 3. The Morgan fingerprint density at radius 1 is 1.06 bits per heavy atom. The molecule has 2 amide bonds. The molecule has 0 aliphatic carbocycles. The number of nitrogens with one attached hydrogen (secondary N) is 1. The average molecular weight is 519 g/mol. The van der Waals surface area contributed by atoms with Crippen molar-refractivity contribution in [1.82, 2.24) is 14.5 Å². The lowest BCUT2D eigenvalue weighted by Gasteiger charge is -2.33. The molecule has 0 aliphatic heterocycles. The van der Waals surface area contributed by atoms with Gasteiger partial charge < -0.3 is 10.2 Å². The van der Waals surface area contributed by atoms with Gasteiger partial charge in [0.25, 0.3) is 0 Å². The molecule has 0 saturated heterocycles. The smallest absolute Gasteiger partial charge is 0.304 e. The Morgan fingerprint density at radius 3 is 2.15 bits per heavy atom. The summed E-state index contributed by atoms with van der Waals surface area (Å²) in [6, 6.07) is 8.99. The van der Waals surface area contributed by atoms with E-state index in [1.807, 2.05) is 0 Å². The number of benzene rings is 2. The number of likely N-dealkylation sites (N-methyl/N-ethyl adjacent to an activating group) is 1. The number of amides is 2. The monoisotopic (exact) mass is 518 g/mol. The van der Waals surface area contributed by atoms with Crippen LogP contribution in [0, 0.1) is 5.82 Å². The van der Waals surface area contributed by atoms with Crippen molar-refractivity contribution in [3.05, 3.63) is 63.9 Å². The highest BCUT2D eigenvalue weighted by molar-refractivity contribution is 7.90. The van der Waals surface area contributed by atoms with Gasteiger partial charge in [0.15, 0.2) is 0 Å². The van der Waals surface area contributed by atoms with Crippen LogP contribution in [0.3, 0.4) is 0 Å². The fourth-order valence-corrected chi connectivity index (χ4v) is 4.58. The highest BCUT2D eigenvalue weighted by Gasteiger charge is 2.34. The number of carbonyl (C=O) groups is 2. The Balaban J connectivity index is 2.52. The number of anilines is 1. The van der Waals surface area contributed by atoms with Crippen molar-refractivity contribution < 1.29 is 22.4 Å². The molecule has 1 atom stereocenters. The van der Waals surface area contributed by atoms with Crippen molar-refractivity contribution in [2.75, 3.05) is 32.0 Å². The van der Waals surface area contributed by atoms with Gasteiger partial charge in [0.05, 0.1) is 5.69 Å². The van der Waals surface area contributed by atoms with Gasteiger partial charge in [-0.3, -0.25) is 9.59 Å². The molecule has 33 heavy (non-hydrogen) atoms. The fourth-order valence-electron chi connectivity index (χ4n) is 3.00. The Labute approximate surface area is 203 Å². The van der Waals surface area contributed by atoms with Gasteiger partial charge >= 0.3 is 10.2 Å². The van der Waals surface area contributed by atoms with Crippen LogP contribution in [-0.4, -0.2) is 63.2 Å². The summed E-state index contributed by atoms with van der Waals surface area (Å²) in [5, 5.41) is 3.01. The highest BCUT2D eigenvalue weighted by Crippen LogP contribution is 2.28. The van der Waals surface area contributed by atoms with E-state index in [0.717, 1.165) is 15.3 Å². The first kappa shape index (κ1) is 26.8. The molecular weight excluding hydrogens is 494 g/mol. The third-order valence-electron chi connectivity index (χ3n) is 4.94. The van der Waals surface area contributed by atoms with Gasteiger partial charge in [-0.1, -0.05) is 41.4 Å². The first-order valence-corrected chi connectivity index (χ1v) is 12.0. The molecule has 180 valence electrons. The number of hydrogen-bond acceptors (Lipinski definition) is 4. The van der Waals surface area contributed by atoms with E-state index in [1.165, 1.54) is 46.3 Å². The quantitative estimate of drug-likeness (QED) is 0.552. The van der Waals surface area contributed by atoms with E-state index in [9.17, 15) is 22.4 Å². The summed E-state index contributed by atoms with van der Waals surface area (Å²) >= 11 is 12.5. The second kappa shape index (κ2) is 11.1. The lowest BCUT2D eigenvalue weighted by Crippen LogP contribution is -2.52. The molecule has 0 aliphatic rings. The zero-order chi connectivity index (χ0) is 24.9. The molecule has 0 radical (unpaired) electrons. The molecule has 0 unspecified atom stereocenters. The highest BCUT2D eigenvalue weighted by atomic mass is 35.5. The normalized spacial score (nSPS) is 12.4. The lowest BCUT2D eigenvalue weighted by atomic mass is 10.1. The first-order chi connectivity index (χ1) is 15.4. The minimum atomic E-state index is -4.26. The molecule has 0 spiro atoms. The number of hydrogen-bond donors (Lipinski definition) is 1. The third kappa shape index (κ3) is 6.14. The molecule has 2 rings (SSSR count). The predicted octanol–water partition coefficient (Wildman–Crippen LogP) is 2.91. The van der Waals surface area contributed by atoms with Crippen LogP contribution >= 0.6 is 23.2 Å². The number of rotatable bonds is 9. The van der Waals surface area contributed by atoms with Crippen molar-refractivity contribution in [3.63, 3.8) is 0 Å². The van der Waals surface area contributed by atoms with E-state index in [-0.39, 0.29) is 22.3 Å². The van der Waals surface area contributed by atoms with E-state index in [4.69, 9.17) is 23.2 Å². The summed E-state index contributed by atoms with van der Waals surface area (Å²) in [6.07, 6.45) is 0. The molecule has 0 bridgehead atoms. The van der Waals surface area contributed by atoms with Crippen LogP contribution in [0.1, 0.15) is 12.5 Å². The lowest BCUT2D eigenvalue weighted by molar-refractivity contribution is -0.139. The van der Waals surface area contributed by atoms with Crippen molar-refractivity contribution >= 4 is 50.9 Å². The molecule has 2 aromatic carbocycles. The average Bonchev–Trinajstić information content (AvgIpc) is 2.76. The number of para-hydroxylation sites is 1. The van der Waals surface area contributed by atoms with E-state index < -0.39 is 40.4 Å². The maximum absolute atomic E-state index is 14.5. The van der Waals surface area contributed by atoms with E-state index >= 15 is 0 Å². The third-order valence-corrected chi connectivity index (χ3v) is 7.46. The molecule has 0 heterocycles. The molecule has 8 nitrogen and oxygen atoms in total. The van der Waals surface area contributed by atoms with Crippen molar-refractivity contribution in [2.45, 2.75) is 19.5 Å². The van der Waals surface area contributed by atoms with Crippen LogP contribution in [0.4, 0.5) is 10.1 Å². The van der Waals surface area contributed by atoms with Crippen LogP contribution in [0.15, 0.2) is 42.5 Å². The summed E-state index contributed by atoms with van der Waals surface area (Å²) in [4.78, 5) is 26.9. The van der Waals surface area contributed by atoms with E-state index in [1.54, 1.807) is 18.2 Å². The standard InChI is InChI=1S/C21H25Cl2FN4O4S/c1-14(21(30)25-2)27(12-15-16(22)8-7-9-17(15)23)20(29)13-28(33(31,32)26(3)4)19-11-6-5-10-18(19)24/h5-11,14H,12-13H2,1-4H3,(H,25,30)/t14-/m1/s1. The zero-order valence-electron chi connectivity index (χ0n) is 18.5. The van der Waals surface area contributed by atoms with Crippen molar-refractivity contribution in [1.29, 1.82) is 0 Å². The largest absolute Gasteiger partial charge is 0.357 e.